The Morgan fingerprint density at radius 2 is 2.18 bits per heavy atom. The van der Waals surface area contributed by atoms with Gasteiger partial charge in [0.1, 0.15) is 12.1 Å². The van der Waals surface area contributed by atoms with E-state index >= 15 is 0 Å². The van der Waals surface area contributed by atoms with Crippen LogP contribution < -0.4 is 5.32 Å². The third kappa shape index (κ3) is 2.79. The zero-order valence-electron chi connectivity index (χ0n) is 8.59. The van der Waals surface area contributed by atoms with Gasteiger partial charge in [-0.05, 0) is 40.2 Å². The summed E-state index contributed by atoms with van der Waals surface area (Å²) in [7, 11) is 0. The van der Waals surface area contributed by atoms with Crippen LogP contribution >= 0.6 is 15.9 Å². The van der Waals surface area contributed by atoms with E-state index in [1.54, 1.807) is 24.4 Å². The minimum Gasteiger partial charge on any atom is -0.478 e. The van der Waals surface area contributed by atoms with Crippen LogP contribution in [0, 0.1) is 0 Å². The monoisotopic (exact) mass is 293 g/mol. The van der Waals surface area contributed by atoms with Gasteiger partial charge in [0.2, 0.25) is 0 Å². The molecule has 2 aromatic rings. The molecule has 1 heterocycles. The van der Waals surface area contributed by atoms with Crippen molar-refractivity contribution in [1.82, 2.24) is 9.97 Å². The number of hydrogen-bond donors (Lipinski definition) is 2. The molecule has 1 aromatic carbocycles. The van der Waals surface area contributed by atoms with E-state index in [1.165, 1.54) is 12.4 Å². The lowest BCUT2D eigenvalue weighted by Gasteiger charge is -2.06. The number of rotatable bonds is 3. The minimum atomic E-state index is -0.983. The van der Waals surface area contributed by atoms with Crippen LogP contribution in [0.15, 0.2) is 41.3 Å². The van der Waals surface area contributed by atoms with Crippen LogP contribution in [0.1, 0.15) is 10.4 Å². The number of aromatic nitrogens is 2. The second-order valence-electron chi connectivity index (χ2n) is 3.22. The van der Waals surface area contributed by atoms with Crippen LogP contribution in [-0.4, -0.2) is 21.0 Å². The summed E-state index contributed by atoms with van der Waals surface area (Å²) in [5, 5.41) is 12.0. The molecule has 0 radical (unpaired) electrons. The molecule has 2 rings (SSSR count). The summed E-state index contributed by atoms with van der Waals surface area (Å²) in [4.78, 5) is 18.7. The largest absolute Gasteiger partial charge is 0.478 e. The smallest absolute Gasteiger partial charge is 0.336 e. The molecule has 0 aliphatic rings. The van der Waals surface area contributed by atoms with Crippen molar-refractivity contribution in [3.63, 3.8) is 0 Å². The molecule has 0 bridgehead atoms. The topological polar surface area (TPSA) is 75.1 Å². The zero-order chi connectivity index (χ0) is 12.3. The quantitative estimate of drug-likeness (QED) is 0.910. The highest BCUT2D eigenvalue weighted by Crippen LogP contribution is 2.22. The highest BCUT2D eigenvalue weighted by molar-refractivity contribution is 9.10. The molecule has 86 valence electrons. The molecule has 5 nitrogen and oxygen atoms in total. The molecule has 0 fully saturated rings. The van der Waals surface area contributed by atoms with Crippen LogP contribution in [0.25, 0.3) is 0 Å². The number of carboxylic acid groups (broad SMARTS) is 1. The van der Waals surface area contributed by atoms with Gasteiger partial charge in [0.15, 0.2) is 0 Å². The third-order valence-electron chi connectivity index (χ3n) is 2.05. The van der Waals surface area contributed by atoms with Crippen LogP contribution in [0.2, 0.25) is 0 Å². The molecular weight excluding hydrogens is 286 g/mol. The standard InChI is InChI=1S/C11H8BrN3O2/c12-9-2-1-7(5-8(9)11(16)17)15-10-3-4-13-6-14-10/h1-6H,(H,16,17)(H,13,14,15). The van der Waals surface area contributed by atoms with Crippen molar-refractivity contribution in [2.75, 3.05) is 5.32 Å². The Kier molecular flexibility index (Phi) is 3.34. The second-order valence-corrected chi connectivity index (χ2v) is 4.07. The molecule has 0 saturated carbocycles. The lowest BCUT2D eigenvalue weighted by molar-refractivity contribution is 0.0696. The van der Waals surface area contributed by atoms with E-state index in [0.29, 0.717) is 16.0 Å². The van der Waals surface area contributed by atoms with Crippen molar-refractivity contribution in [2.45, 2.75) is 0 Å². The number of nitrogens with zero attached hydrogens (tertiary/aromatic N) is 2. The normalized spacial score (nSPS) is 9.94. The summed E-state index contributed by atoms with van der Waals surface area (Å²) >= 11 is 3.18. The molecule has 6 heteroatoms. The SMILES string of the molecule is O=C(O)c1cc(Nc2ccncn2)ccc1Br. The van der Waals surface area contributed by atoms with Crippen molar-refractivity contribution in [3.05, 3.63) is 46.8 Å². The first-order valence-corrected chi connectivity index (χ1v) is 5.52. The summed E-state index contributed by atoms with van der Waals surface area (Å²) < 4.78 is 0.540. The lowest BCUT2D eigenvalue weighted by Crippen LogP contribution is -2.00. The fourth-order valence-electron chi connectivity index (χ4n) is 1.28. The summed E-state index contributed by atoms with van der Waals surface area (Å²) in [6.07, 6.45) is 3.02. The Morgan fingerprint density at radius 1 is 1.35 bits per heavy atom. The van der Waals surface area contributed by atoms with E-state index in [0.717, 1.165) is 0 Å². The number of anilines is 2. The summed E-state index contributed by atoms with van der Waals surface area (Å²) in [6.45, 7) is 0. The Bertz CT molecular complexity index is 546. The van der Waals surface area contributed by atoms with E-state index in [2.05, 4.69) is 31.2 Å². The third-order valence-corrected chi connectivity index (χ3v) is 2.74. The van der Waals surface area contributed by atoms with Gasteiger partial charge in [-0.2, -0.15) is 0 Å². The van der Waals surface area contributed by atoms with Gasteiger partial charge in [0, 0.05) is 16.4 Å². The predicted octanol–water partition coefficient (Wildman–Crippen LogP) is 2.68. The van der Waals surface area contributed by atoms with Crippen LogP contribution in [0.4, 0.5) is 11.5 Å². The Balaban J connectivity index is 2.29. The number of carboxylic acids is 1. The maximum Gasteiger partial charge on any atom is 0.336 e. The lowest BCUT2D eigenvalue weighted by atomic mass is 10.2. The van der Waals surface area contributed by atoms with Crippen LogP contribution in [0.3, 0.4) is 0 Å². The van der Waals surface area contributed by atoms with Crippen molar-refractivity contribution < 1.29 is 9.90 Å². The minimum absolute atomic E-state index is 0.198. The molecule has 0 aliphatic carbocycles. The van der Waals surface area contributed by atoms with Gasteiger partial charge in [-0.15, -0.1) is 0 Å². The fraction of sp³-hybridized carbons (Fsp3) is 0. The van der Waals surface area contributed by atoms with Crippen molar-refractivity contribution in [3.8, 4) is 0 Å². The molecule has 0 aliphatic heterocycles. The molecule has 2 N–H and O–H groups in total. The summed E-state index contributed by atoms with van der Waals surface area (Å²) in [6, 6.07) is 6.67. The maximum absolute atomic E-state index is 10.9. The van der Waals surface area contributed by atoms with Gasteiger partial charge in [-0.1, -0.05) is 0 Å². The Labute approximate surface area is 106 Å². The van der Waals surface area contributed by atoms with E-state index in [-0.39, 0.29) is 5.56 Å². The van der Waals surface area contributed by atoms with Crippen LogP contribution in [-0.2, 0) is 0 Å². The zero-order valence-corrected chi connectivity index (χ0v) is 10.2. The number of carbonyl (C=O) groups is 1. The molecule has 17 heavy (non-hydrogen) atoms. The molecule has 0 amide bonds. The fourth-order valence-corrected chi connectivity index (χ4v) is 1.70. The number of benzene rings is 1. The van der Waals surface area contributed by atoms with Gasteiger partial charge in [-0.3, -0.25) is 0 Å². The second kappa shape index (κ2) is 4.92. The first-order chi connectivity index (χ1) is 8.16. The number of aromatic carboxylic acids is 1. The van der Waals surface area contributed by atoms with Crippen LogP contribution in [0.5, 0.6) is 0 Å². The highest BCUT2D eigenvalue weighted by Gasteiger charge is 2.09. The summed E-state index contributed by atoms with van der Waals surface area (Å²) in [5.74, 6) is -0.373. The first kappa shape index (κ1) is 11.5. The van der Waals surface area contributed by atoms with E-state index in [4.69, 9.17) is 5.11 Å². The number of hydrogen-bond acceptors (Lipinski definition) is 4. The predicted molar refractivity (Wildman–Crippen MR) is 66.4 cm³/mol. The molecule has 0 saturated heterocycles. The number of nitrogens with one attached hydrogen (secondary N) is 1. The van der Waals surface area contributed by atoms with Gasteiger partial charge >= 0.3 is 5.97 Å². The molecule has 0 spiro atoms. The van der Waals surface area contributed by atoms with Crippen molar-refractivity contribution in [2.24, 2.45) is 0 Å². The van der Waals surface area contributed by atoms with E-state index < -0.39 is 5.97 Å². The van der Waals surface area contributed by atoms with E-state index in [9.17, 15) is 4.79 Å². The average Bonchev–Trinajstić information content (AvgIpc) is 2.32. The van der Waals surface area contributed by atoms with Crippen molar-refractivity contribution >= 4 is 33.4 Å². The van der Waals surface area contributed by atoms with Gasteiger partial charge in [-0.25, -0.2) is 14.8 Å². The Hall–Kier alpha value is -1.95. The van der Waals surface area contributed by atoms with Gasteiger partial charge in [0.25, 0.3) is 0 Å². The molecular formula is C11H8BrN3O2. The average molecular weight is 294 g/mol. The first-order valence-electron chi connectivity index (χ1n) is 4.72. The maximum atomic E-state index is 10.9. The van der Waals surface area contributed by atoms with E-state index in [1.807, 2.05) is 0 Å². The Morgan fingerprint density at radius 3 is 2.82 bits per heavy atom. The van der Waals surface area contributed by atoms with Gasteiger partial charge < -0.3 is 10.4 Å². The number of halogens is 1. The molecule has 0 atom stereocenters. The molecule has 1 aromatic heterocycles. The summed E-state index contributed by atoms with van der Waals surface area (Å²) in [5.41, 5.74) is 0.855. The van der Waals surface area contributed by atoms with Gasteiger partial charge in [0.05, 0.1) is 5.56 Å². The highest BCUT2D eigenvalue weighted by atomic mass is 79.9. The molecule has 0 unspecified atom stereocenters. The van der Waals surface area contributed by atoms with Crippen molar-refractivity contribution in [1.29, 1.82) is 0 Å².